The molecular formula is C20H21ClN4O2S. The maximum Gasteiger partial charge on any atom is 0.230 e. The van der Waals surface area contributed by atoms with Crippen LogP contribution >= 0.6 is 23.4 Å². The Balaban J connectivity index is 1.60. The third kappa shape index (κ3) is 4.85. The first-order valence-corrected chi connectivity index (χ1v) is 10.1. The van der Waals surface area contributed by atoms with Crippen molar-refractivity contribution < 1.29 is 9.53 Å². The molecule has 0 saturated heterocycles. The van der Waals surface area contributed by atoms with E-state index in [1.165, 1.54) is 11.8 Å². The molecule has 1 aromatic heterocycles. The van der Waals surface area contributed by atoms with Crippen molar-refractivity contribution >= 4 is 29.3 Å². The number of amides is 1. The molecule has 0 unspecified atom stereocenters. The summed E-state index contributed by atoms with van der Waals surface area (Å²) in [5.41, 5.74) is 1.90. The van der Waals surface area contributed by atoms with Crippen LogP contribution in [0.25, 0.3) is 11.4 Å². The lowest BCUT2D eigenvalue weighted by molar-refractivity contribution is -0.119. The molecule has 1 amide bonds. The van der Waals surface area contributed by atoms with E-state index < -0.39 is 0 Å². The van der Waals surface area contributed by atoms with Crippen LogP contribution in [0.5, 0.6) is 5.75 Å². The van der Waals surface area contributed by atoms with Gasteiger partial charge < -0.3 is 14.6 Å². The number of benzene rings is 2. The standard InChI is InChI=1S/C20H21ClN4O2S/c1-13(15-5-4-6-16(21)11-15)22-18(26)12-28-20-24-23-19(25(20)2)14-7-9-17(27-3)10-8-14/h4-11,13H,12H2,1-3H3,(H,22,26)/t13-/m1/s1. The van der Waals surface area contributed by atoms with Crippen LogP contribution in [0.15, 0.2) is 53.7 Å². The Morgan fingerprint density at radius 3 is 2.68 bits per heavy atom. The van der Waals surface area contributed by atoms with Gasteiger partial charge in [0.15, 0.2) is 11.0 Å². The quantitative estimate of drug-likeness (QED) is 0.587. The minimum Gasteiger partial charge on any atom is -0.497 e. The van der Waals surface area contributed by atoms with E-state index in [0.29, 0.717) is 10.2 Å². The Kier molecular flexibility index (Phi) is 6.59. The molecule has 8 heteroatoms. The molecule has 28 heavy (non-hydrogen) atoms. The second-order valence-corrected chi connectivity index (χ2v) is 7.61. The number of methoxy groups -OCH3 is 1. The average molecular weight is 417 g/mol. The van der Waals surface area contributed by atoms with Gasteiger partial charge in [0.2, 0.25) is 5.91 Å². The van der Waals surface area contributed by atoms with E-state index in [1.807, 2.05) is 67.1 Å². The molecule has 0 aliphatic carbocycles. The fourth-order valence-electron chi connectivity index (χ4n) is 2.70. The summed E-state index contributed by atoms with van der Waals surface area (Å²) in [6, 6.07) is 15.0. The molecule has 1 atom stereocenters. The SMILES string of the molecule is COc1ccc(-c2nnc(SCC(=O)N[C@H](C)c3cccc(Cl)c3)n2C)cc1. The number of thioether (sulfide) groups is 1. The molecule has 0 radical (unpaired) electrons. The number of carbonyl (C=O) groups is 1. The predicted octanol–water partition coefficient (Wildman–Crippen LogP) is 4.11. The van der Waals surface area contributed by atoms with Crippen molar-refractivity contribution in [1.29, 1.82) is 0 Å². The van der Waals surface area contributed by atoms with Gasteiger partial charge in [-0.2, -0.15) is 0 Å². The Labute approximate surface area is 173 Å². The Morgan fingerprint density at radius 2 is 2.00 bits per heavy atom. The summed E-state index contributed by atoms with van der Waals surface area (Å²) < 4.78 is 7.05. The first kappa shape index (κ1) is 20.2. The summed E-state index contributed by atoms with van der Waals surface area (Å²) >= 11 is 7.36. The Hall–Kier alpha value is -2.51. The van der Waals surface area contributed by atoms with Crippen LogP contribution in [0.4, 0.5) is 0 Å². The van der Waals surface area contributed by atoms with Crippen LogP contribution < -0.4 is 10.1 Å². The van der Waals surface area contributed by atoms with E-state index in [4.69, 9.17) is 16.3 Å². The van der Waals surface area contributed by atoms with E-state index in [0.717, 1.165) is 22.7 Å². The van der Waals surface area contributed by atoms with Gasteiger partial charge in [0.1, 0.15) is 5.75 Å². The molecule has 0 spiro atoms. The highest BCUT2D eigenvalue weighted by Gasteiger charge is 2.15. The van der Waals surface area contributed by atoms with Crippen molar-refractivity contribution in [2.45, 2.75) is 18.1 Å². The smallest absolute Gasteiger partial charge is 0.230 e. The first-order chi connectivity index (χ1) is 13.5. The van der Waals surface area contributed by atoms with Crippen LogP contribution in [0.2, 0.25) is 5.02 Å². The Bertz CT molecular complexity index is 959. The van der Waals surface area contributed by atoms with Crippen molar-refractivity contribution in [3.63, 3.8) is 0 Å². The third-order valence-electron chi connectivity index (χ3n) is 4.24. The van der Waals surface area contributed by atoms with E-state index >= 15 is 0 Å². The van der Waals surface area contributed by atoms with Gasteiger partial charge in [0, 0.05) is 17.6 Å². The van der Waals surface area contributed by atoms with E-state index in [1.54, 1.807) is 7.11 Å². The normalized spacial score (nSPS) is 11.9. The Morgan fingerprint density at radius 1 is 1.25 bits per heavy atom. The molecule has 0 saturated carbocycles. The highest BCUT2D eigenvalue weighted by Crippen LogP contribution is 2.24. The average Bonchev–Trinajstić information content (AvgIpc) is 3.07. The topological polar surface area (TPSA) is 69.0 Å². The van der Waals surface area contributed by atoms with Gasteiger partial charge in [0.25, 0.3) is 0 Å². The molecule has 146 valence electrons. The predicted molar refractivity (Wildman–Crippen MR) is 112 cm³/mol. The van der Waals surface area contributed by atoms with E-state index in [2.05, 4.69) is 15.5 Å². The summed E-state index contributed by atoms with van der Waals surface area (Å²) in [7, 11) is 3.51. The van der Waals surface area contributed by atoms with Crippen molar-refractivity contribution in [3.05, 3.63) is 59.1 Å². The lowest BCUT2D eigenvalue weighted by atomic mass is 10.1. The second-order valence-electron chi connectivity index (χ2n) is 6.23. The zero-order valence-electron chi connectivity index (χ0n) is 15.8. The number of aromatic nitrogens is 3. The van der Waals surface area contributed by atoms with Crippen molar-refractivity contribution in [1.82, 2.24) is 20.1 Å². The van der Waals surface area contributed by atoms with Crippen LogP contribution in [0, 0.1) is 0 Å². The lowest BCUT2D eigenvalue weighted by Gasteiger charge is -2.14. The third-order valence-corrected chi connectivity index (χ3v) is 5.50. The monoisotopic (exact) mass is 416 g/mol. The zero-order valence-corrected chi connectivity index (χ0v) is 17.4. The lowest BCUT2D eigenvalue weighted by Crippen LogP contribution is -2.28. The van der Waals surface area contributed by atoms with Crippen LogP contribution in [0.1, 0.15) is 18.5 Å². The number of rotatable bonds is 7. The summed E-state index contributed by atoms with van der Waals surface area (Å²) in [5, 5.41) is 12.7. The molecule has 3 rings (SSSR count). The van der Waals surface area contributed by atoms with Gasteiger partial charge >= 0.3 is 0 Å². The number of hydrogen-bond donors (Lipinski definition) is 1. The molecular weight excluding hydrogens is 396 g/mol. The molecule has 0 bridgehead atoms. The first-order valence-electron chi connectivity index (χ1n) is 8.69. The van der Waals surface area contributed by atoms with Gasteiger partial charge in [-0.15, -0.1) is 10.2 Å². The van der Waals surface area contributed by atoms with Crippen LogP contribution in [-0.4, -0.2) is 33.5 Å². The van der Waals surface area contributed by atoms with E-state index in [-0.39, 0.29) is 17.7 Å². The number of nitrogens with one attached hydrogen (secondary N) is 1. The minimum absolute atomic E-state index is 0.0773. The van der Waals surface area contributed by atoms with Crippen molar-refractivity contribution in [3.8, 4) is 17.1 Å². The molecule has 1 N–H and O–H groups in total. The summed E-state index contributed by atoms with van der Waals surface area (Å²) in [4.78, 5) is 12.3. The number of halogens is 1. The second kappa shape index (κ2) is 9.12. The number of ether oxygens (including phenoxy) is 1. The number of hydrogen-bond acceptors (Lipinski definition) is 5. The molecule has 1 heterocycles. The molecule has 3 aromatic rings. The van der Waals surface area contributed by atoms with E-state index in [9.17, 15) is 4.79 Å². The maximum atomic E-state index is 12.3. The van der Waals surface area contributed by atoms with Gasteiger partial charge in [-0.25, -0.2) is 0 Å². The highest BCUT2D eigenvalue weighted by molar-refractivity contribution is 7.99. The summed E-state index contributed by atoms with van der Waals surface area (Å²) in [6.45, 7) is 1.93. The zero-order chi connectivity index (χ0) is 20.1. The molecule has 2 aromatic carbocycles. The fourth-order valence-corrected chi connectivity index (χ4v) is 3.63. The largest absolute Gasteiger partial charge is 0.497 e. The van der Waals surface area contributed by atoms with Gasteiger partial charge in [-0.1, -0.05) is 35.5 Å². The van der Waals surface area contributed by atoms with Crippen LogP contribution in [-0.2, 0) is 11.8 Å². The summed E-state index contributed by atoms with van der Waals surface area (Å²) in [5.74, 6) is 1.69. The number of carbonyl (C=O) groups excluding carboxylic acids is 1. The van der Waals surface area contributed by atoms with Crippen LogP contribution in [0.3, 0.4) is 0 Å². The summed E-state index contributed by atoms with van der Waals surface area (Å²) in [6.07, 6.45) is 0. The molecule has 6 nitrogen and oxygen atoms in total. The number of nitrogens with zero attached hydrogens (tertiary/aromatic N) is 3. The van der Waals surface area contributed by atoms with Crippen molar-refractivity contribution in [2.75, 3.05) is 12.9 Å². The van der Waals surface area contributed by atoms with Gasteiger partial charge in [-0.05, 0) is 48.9 Å². The highest BCUT2D eigenvalue weighted by atomic mass is 35.5. The maximum absolute atomic E-state index is 12.3. The van der Waals surface area contributed by atoms with Gasteiger partial charge in [0.05, 0.1) is 18.9 Å². The minimum atomic E-state index is -0.124. The van der Waals surface area contributed by atoms with Gasteiger partial charge in [-0.3, -0.25) is 4.79 Å². The molecule has 0 aliphatic rings. The molecule has 0 aliphatic heterocycles. The fraction of sp³-hybridized carbons (Fsp3) is 0.250. The van der Waals surface area contributed by atoms with Crippen molar-refractivity contribution in [2.24, 2.45) is 7.05 Å². The molecule has 0 fully saturated rings.